The molecule has 0 amide bonds. The van der Waals surface area contributed by atoms with Crippen LogP contribution in [0.15, 0.2) is 12.4 Å². The number of hydrogen-bond acceptors (Lipinski definition) is 5. The van der Waals surface area contributed by atoms with Crippen LogP contribution in [-0.4, -0.2) is 41.2 Å². The van der Waals surface area contributed by atoms with E-state index in [0.29, 0.717) is 17.7 Å². The Morgan fingerprint density at radius 3 is 2.85 bits per heavy atom. The van der Waals surface area contributed by atoms with Gasteiger partial charge in [0.05, 0.1) is 18.5 Å². The van der Waals surface area contributed by atoms with E-state index in [1.165, 1.54) is 0 Å². The van der Waals surface area contributed by atoms with Crippen molar-refractivity contribution in [1.82, 2.24) is 15.3 Å². The zero-order valence-electron chi connectivity index (χ0n) is 12.8. The zero-order chi connectivity index (χ0) is 14.3. The van der Waals surface area contributed by atoms with Crippen LogP contribution in [0.1, 0.15) is 27.7 Å². The Bertz CT molecular complexity index is 489. The summed E-state index contributed by atoms with van der Waals surface area (Å²) in [5.74, 6) is 2.94. The normalized spacial score (nSPS) is 27.9. The average molecular weight is 276 g/mol. The summed E-state index contributed by atoms with van der Waals surface area (Å²) in [6.45, 7) is 11.9. The van der Waals surface area contributed by atoms with Gasteiger partial charge in [0.2, 0.25) is 5.88 Å². The highest BCUT2D eigenvalue weighted by molar-refractivity contribution is 5.44. The van der Waals surface area contributed by atoms with Crippen LogP contribution in [0.2, 0.25) is 0 Å². The molecule has 2 aliphatic rings. The predicted molar refractivity (Wildman–Crippen MR) is 79.1 cm³/mol. The molecule has 0 spiro atoms. The highest BCUT2D eigenvalue weighted by Crippen LogP contribution is 2.42. The third-order valence-electron chi connectivity index (χ3n) is 4.59. The Balaban J connectivity index is 1.86. The molecule has 1 aromatic rings. The molecule has 2 aliphatic heterocycles. The molecule has 20 heavy (non-hydrogen) atoms. The van der Waals surface area contributed by atoms with Gasteiger partial charge in [0.15, 0.2) is 5.82 Å². The summed E-state index contributed by atoms with van der Waals surface area (Å²) in [5.41, 5.74) is 0.110. The Kier molecular flexibility index (Phi) is 3.32. The fourth-order valence-corrected chi connectivity index (χ4v) is 3.58. The number of anilines is 1. The highest BCUT2D eigenvalue weighted by Gasteiger charge is 2.50. The van der Waals surface area contributed by atoms with E-state index in [0.717, 1.165) is 25.5 Å². The van der Waals surface area contributed by atoms with Gasteiger partial charge in [-0.15, -0.1) is 0 Å². The molecular weight excluding hydrogens is 252 g/mol. The minimum atomic E-state index is 0.110. The molecule has 0 radical (unpaired) electrons. The first-order valence-electron chi connectivity index (χ1n) is 7.45. The average Bonchev–Trinajstić information content (AvgIpc) is 2.91. The Morgan fingerprint density at radius 2 is 2.15 bits per heavy atom. The summed E-state index contributed by atoms with van der Waals surface area (Å²) in [6.07, 6.45) is 3.66. The van der Waals surface area contributed by atoms with Crippen LogP contribution < -0.4 is 15.0 Å². The molecule has 110 valence electrons. The second-order valence-corrected chi connectivity index (χ2v) is 6.67. The molecule has 0 aliphatic carbocycles. The van der Waals surface area contributed by atoms with Gasteiger partial charge in [0.1, 0.15) is 0 Å². The first-order chi connectivity index (χ1) is 9.48. The van der Waals surface area contributed by atoms with Crippen molar-refractivity contribution in [3.8, 4) is 5.88 Å². The fourth-order valence-electron chi connectivity index (χ4n) is 3.58. The van der Waals surface area contributed by atoms with Crippen molar-refractivity contribution in [3.05, 3.63) is 12.4 Å². The number of nitrogens with zero attached hydrogens (tertiary/aromatic N) is 3. The molecule has 5 nitrogen and oxygen atoms in total. The third-order valence-corrected chi connectivity index (χ3v) is 4.59. The van der Waals surface area contributed by atoms with Crippen molar-refractivity contribution in [3.63, 3.8) is 0 Å². The maximum absolute atomic E-state index is 5.66. The van der Waals surface area contributed by atoms with E-state index < -0.39 is 0 Å². The SMILES string of the molecule is CC(C)Oc1cncc(N2CC3CNCC3C2(C)C)n1. The molecule has 0 aromatic carbocycles. The van der Waals surface area contributed by atoms with Crippen molar-refractivity contribution < 1.29 is 4.74 Å². The van der Waals surface area contributed by atoms with E-state index in [-0.39, 0.29) is 11.6 Å². The topological polar surface area (TPSA) is 50.3 Å². The lowest BCUT2D eigenvalue weighted by atomic mass is 9.85. The number of aromatic nitrogens is 2. The van der Waals surface area contributed by atoms with Crippen molar-refractivity contribution in [2.45, 2.75) is 39.3 Å². The van der Waals surface area contributed by atoms with Crippen LogP contribution >= 0.6 is 0 Å². The maximum Gasteiger partial charge on any atom is 0.234 e. The van der Waals surface area contributed by atoms with Crippen LogP contribution in [-0.2, 0) is 0 Å². The van der Waals surface area contributed by atoms with Crippen molar-refractivity contribution in [1.29, 1.82) is 0 Å². The van der Waals surface area contributed by atoms with Gasteiger partial charge in [-0.1, -0.05) is 0 Å². The molecule has 0 bridgehead atoms. The summed E-state index contributed by atoms with van der Waals surface area (Å²) in [5, 5.41) is 3.50. The summed E-state index contributed by atoms with van der Waals surface area (Å²) in [4.78, 5) is 11.3. The largest absolute Gasteiger partial charge is 0.474 e. The zero-order valence-corrected chi connectivity index (χ0v) is 12.8. The van der Waals surface area contributed by atoms with Crippen LogP contribution in [0.5, 0.6) is 5.88 Å². The van der Waals surface area contributed by atoms with Gasteiger partial charge in [-0.25, -0.2) is 0 Å². The first-order valence-corrected chi connectivity index (χ1v) is 7.45. The monoisotopic (exact) mass is 276 g/mol. The van der Waals surface area contributed by atoms with Gasteiger partial charge < -0.3 is 15.0 Å². The quantitative estimate of drug-likeness (QED) is 0.910. The smallest absolute Gasteiger partial charge is 0.234 e. The standard InChI is InChI=1S/C15H24N4O/c1-10(2)20-14-8-17-7-13(18-14)19-9-11-5-16-6-12(11)15(19,3)4/h7-8,10-12,16H,5-6,9H2,1-4H3. The van der Waals surface area contributed by atoms with E-state index in [1.807, 2.05) is 20.0 Å². The molecule has 1 aromatic heterocycles. The molecule has 1 N–H and O–H groups in total. The lowest BCUT2D eigenvalue weighted by molar-refractivity contribution is 0.231. The second kappa shape index (κ2) is 4.88. The lowest BCUT2D eigenvalue weighted by Crippen LogP contribution is -2.45. The predicted octanol–water partition coefficient (Wildman–Crippen LogP) is 1.70. The van der Waals surface area contributed by atoms with E-state index in [9.17, 15) is 0 Å². The summed E-state index contributed by atoms with van der Waals surface area (Å²) in [6, 6.07) is 0. The molecule has 2 fully saturated rings. The van der Waals surface area contributed by atoms with Crippen LogP contribution in [0.25, 0.3) is 0 Å². The minimum absolute atomic E-state index is 0.110. The fraction of sp³-hybridized carbons (Fsp3) is 0.733. The molecule has 0 saturated carbocycles. The maximum atomic E-state index is 5.66. The molecule has 3 heterocycles. The van der Waals surface area contributed by atoms with Crippen LogP contribution in [0.3, 0.4) is 0 Å². The molecule has 2 unspecified atom stereocenters. The van der Waals surface area contributed by atoms with Gasteiger partial charge in [-0.3, -0.25) is 4.98 Å². The first kappa shape index (κ1) is 13.6. The number of rotatable bonds is 3. The molecule has 3 rings (SSSR count). The second-order valence-electron chi connectivity index (χ2n) is 6.67. The highest BCUT2D eigenvalue weighted by atomic mass is 16.5. The molecule has 2 atom stereocenters. The van der Waals surface area contributed by atoms with Gasteiger partial charge in [0, 0.05) is 25.2 Å². The third kappa shape index (κ3) is 2.24. The number of nitrogens with one attached hydrogen (secondary N) is 1. The van der Waals surface area contributed by atoms with Gasteiger partial charge in [0.25, 0.3) is 0 Å². The number of hydrogen-bond donors (Lipinski definition) is 1. The van der Waals surface area contributed by atoms with Gasteiger partial charge >= 0.3 is 0 Å². The van der Waals surface area contributed by atoms with E-state index in [1.54, 1.807) is 6.20 Å². The van der Waals surface area contributed by atoms with Crippen LogP contribution in [0.4, 0.5) is 5.82 Å². The van der Waals surface area contributed by atoms with Crippen molar-refractivity contribution >= 4 is 5.82 Å². The Labute approximate surface area is 120 Å². The summed E-state index contributed by atoms with van der Waals surface area (Å²) >= 11 is 0. The number of ether oxygens (including phenoxy) is 1. The lowest BCUT2D eigenvalue weighted by Gasteiger charge is -2.36. The summed E-state index contributed by atoms with van der Waals surface area (Å²) < 4.78 is 5.66. The van der Waals surface area contributed by atoms with E-state index in [2.05, 4.69) is 34.0 Å². The minimum Gasteiger partial charge on any atom is -0.474 e. The van der Waals surface area contributed by atoms with Crippen molar-refractivity contribution in [2.24, 2.45) is 11.8 Å². The van der Waals surface area contributed by atoms with Gasteiger partial charge in [-0.2, -0.15) is 4.98 Å². The van der Waals surface area contributed by atoms with E-state index >= 15 is 0 Å². The Morgan fingerprint density at radius 1 is 1.35 bits per heavy atom. The number of fused-ring (bicyclic) bond motifs is 1. The summed E-state index contributed by atoms with van der Waals surface area (Å²) in [7, 11) is 0. The Hall–Kier alpha value is -1.36. The van der Waals surface area contributed by atoms with Crippen LogP contribution in [0, 0.1) is 11.8 Å². The molecular formula is C15H24N4O. The van der Waals surface area contributed by atoms with E-state index in [4.69, 9.17) is 4.74 Å². The molecule has 2 saturated heterocycles. The van der Waals surface area contributed by atoms with Crippen molar-refractivity contribution in [2.75, 3.05) is 24.5 Å². The van der Waals surface area contributed by atoms with Gasteiger partial charge in [-0.05, 0) is 39.5 Å². The molecule has 5 heteroatoms.